The Kier molecular flexibility index (Phi) is 6.47. The first-order valence-electron chi connectivity index (χ1n) is 9.84. The highest BCUT2D eigenvalue weighted by atomic mass is 32.1. The molecule has 0 fully saturated rings. The second-order valence-electron chi connectivity index (χ2n) is 8.45. The second-order valence-corrected chi connectivity index (χ2v) is 9.54. The minimum absolute atomic E-state index is 0.249. The number of nitriles is 1. The van der Waals surface area contributed by atoms with Crippen LogP contribution in [0.4, 0.5) is 5.00 Å². The molecule has 0 bridgehead atoms. The number of rotatable bonds is 6. The summed E-state index contributed by atoms with van der Waals surface area (Å²) in [5.41, 5.74) is 2.87. The van der Waals surface area contributed by atoms with E-state index in [1.807, 2.05) is 0 Å². The Balaban J connectivity index is 1.84. The molecule has 6 nitrogen and oxygen atoms in total. The van der Waals surface area contributed by atoms with Gasteiger partial charge in [0.25, 0.3) is 0 Å². The average molecular weight is 427 g/mol. The third-order valence-corrected chi connectivity index (χ3v) is 6.62. The summed E-state index contributed by atoms with van der Waals surface area (Å²) in [6.45, 7) is 6.39. The van der Waals surface area contributed by atoms with Gasteiger partial charge in [-0.05, 0) is 59.9 Å². The Hall–Kier alpha value is -2.85. The second kappa shape index (κ2) is 8.88. The van der Waals surface area contributed by atoms with Gasteiger partial charge in [0.2, 0.25) is 0 Å². The largest absolute Gasteiger partial charge is 0.493 e. The van der Waals surface area contributed by atoms with Gasteiger partial charge >= 0.3 is 5.97 Å². The van der Waals surface area contributed by atoms with Crippen LogP contribution in [-0.4, -0.2) is 31.0 Å². The third kappa shape index (κ3) is 4.82. The predicted molar refractivity (Wildman–Crippen MR) is 117 cm³/mol. The summed E-state index contributed by atoms with van der Waals surface area (Å²) in [7, 11) is 1.50. The summed E-state index contributed by atoms with van der Waals surface area (Å²) >= 11 is 1.61. The van der Waals surface area contributed by atoms with Gasteiger partial charge < -0.3 is 14.6 Å². The zero-order valence-electron chi connectivity index (χ0n) is 17.7. The highest BCUT2D eigenvalue weighted by Crippen LogP contribution is 2.44. The Morgan fingerprint density at radius 1 is 1.40 bits per heavy atom. The van der Waals surface area contributed by atoms with E-state index in [0.717, 1.165) is 35.4 Å². The van der Waals surface area contributed by atoms with Crippen LogP contribution in [-0.2, 0) is 17.6 Å². The summed E-state index contributed by atoms with van der Waals surface area (Å²) in [5, 5.41) is 19.2. The van der Waals surface area contributed by atoms with Crippen molar-refractivity contribution in [2.75, 3.05) is 13.7 Å². The molecule has 7 heteroatoms. The van der Waals surface area contributed by atoms with Gasteiger partial charge in [-0.15, -0.1) is 11.3 Å². The lowest BCUT2D eigenvalue weighted by Gasteiger charge is -2.33. The first-order chi connectivity index (χ1) is 14.2. The molecule has 0 saturated carbocycles. The van der Waals surface area contributed by atoms with Crippen LogP contribution in [0, 0.1) is 22.7 Å². The fourth-order valence-electron chi connectivity index (χ4n) is 3.67. The zero-order chi connectivity index (χ0) is 21.9. The molecule has 1 heterocycles. The topological polar surface area (TPSA) is 91.9 Å². The van der Waals surface area contributed by atoms with Gasteiger partial charge in [0.05, 0.1) is 12.7 Å². The van der Waals surface area contributed by atoms with Crippen LogP contribution in [0.1, 0.15) is 48.8 Å². The van der Waals surface area contributed by atoms with E-state index in [1.165, 1.54) is 12.0 Å². The van der Waals surface area contributed by atoms with E-state index in [4.69, 9.17) is 14.6 Å². The lowest BCUT2D eigenvalue weighted by atomic mass is 9.72. The van der Waals surface area contributed by atoms with Gasteiger partial charge in [-0.25, -0.2) is 9.79 Å². The van der Waals surface area contributed by atoms with E-state index < -0.39 is 12.6 Å². The summed E-state index contributed by atoms with van der Waals surface area (Å²) < 4.78 is 10.5. The van der Waals surface area contributed by atoms with Gasteiger partial charge in [0, 0.05) is 11.1 Å². The Morgan fingerprint density at radius 3 is 2.80 bits per heavy atom. The molecular formula is C23H26N2O4S. The first kappa shape index (κ1) is 21.8. The smallest absolute Gasteiger partial charge is 0.341 e. The molecule has 158 valence electrons. The van der Waals surface area contributed by atoms with Gasteiger partial charge in [-0.2, -0.15) is 5.26 Å². The number of carboxylic acids is 1. The number of aliphatic imine (C=N–C) groups is 1. The highest BCUT2D eigenvalue weighted by Gasteiger charge is 2.32. The molecule has 2 aromatic rings. The maximum atomic E-state index is 10.7. The number of benzene rings is 1. The van der Waals surface area contributed by atoms with E-state index in [0.29, 0.717) is 23.0 Å². The van der Waals surface area contributed by atoms with Crippen LogP contribution < -0.4 is 9.47 Å². The monoisotopic (exact) mass is 426 g/mol. The summed E-state index contributed by atoms with van der Waals surface area (Å²) in [4.78, 5) is 16.6. The molecule has 1 aliphatic rings. The number of carboxylic acid groups (broad SMARTS) is 1. The molecule has 0 radical (unpaired) electrons. The van der Waals surface area contributed by atoms with E-state index >= 15 is 0 Å². The van der Waals surface area contributed by atoms with Gasteiger partial charge in [0.1, 0.15) is 11.1 Å². The fraction of sp³-hybridized carbons (Fsp3) is 0.435. The van der Waals surface area contributed by atoms with Crippen LogP contribution in [0.3, 0.4) is 0 Å². The quantitative estimate of drug-likeness (QED) is 0.657. The molecule has 1 atom stereocenters. The summed E-state index contributed by atoms with van der Waals surface area (Å²) in [6, 6.07) is 7.51. The van der Waals surface area contributed by atoms with E-state index in [1.54, 1.807) is 35.8 Å². The minimum Gasteiger partial charge on any atom is -0.493 e. The molecule has 0 spiro atoms. The number of hydrogen-bond donors (Lipinski definition) is 1. The number of aliphatic carboxylic acids is 1. The van der Waals surface area contributed by atoms with Crippen LogP contribution in [0.25, 0.3) is 0 Å². The number of thiophene rings is 1. The van der Waals surface area contributed by atoms with Gasteiger partial charge in [-0.3, -0.25) is 0 Å². The van der Waals surface area contributed by atoms with Crippen molar-refractivity contribution in [3.05, 3.63) is 39.8 Å². The molecular weight excluding hydrogens is 400 g/mol. The molecule has 0 saturated heterocycles. The zero-order valence-corrected chi connectivity index (χ0v) is 18.5. The van der Waals surface area contributed by atoms with Gasteiger partial charge in [0.15, 0.2) is 18.1 Å². The maximum Gasteiger partial charge on any atom is 0.341 e. The van der Waals surface area contributed by atoms with Crippen molar-refractivity contribution < 1.29 is 19.4 Å². The molecule has 0 aliphatic heterocycles. The van der Waals surface area contributed by atoms with Crippen molar-refractivity contribution in [2.24, 2.45) is 16.3 Å². The maximum absolute atomic E-state index is 10.7. The SMILES string of the molecule is COc1cc(C=Nc2sc3c(c2C#N)CC[C@@H](C(C)(C)C)C3)ccc1OCC(=O)O. The fourth-order valence-corrected chi connectivity index (χ4v) is 4.89. The lowest BCUT2D eigenvalue weighted by molar-refractivity contribution is -0.139. The van der Waals surface area contributed by atoms with Crippen molar-refractivity contribution in [1.82, 2.24) is 0 Å². The predicted octanol–water partition coefficient (Wildman–Crippen LogP) is 4.99. The molecule has 1 aromatic heterocycles. The number of nitrogens with zero attached hydrogens (tertiary/aromatic N) is 2. The Morgan fingerprint density at radius 2 is 2.17 bits per heavy atom. The number of hydrogen-bond acceptors (Lipinski definition) is 6. The normalized spacial score (nSPS) is 16.2. The molecule has 1 aliphatic carbocycles. The molecule has 3 rings (SSSR count). The first-order valence-corrected chi connectivity index (χ1v) is 10.7. The Bertz CT molecular complexity index is 1010. The number of fused-ring (bicyclic) bond motifs is 1. The number of methoxy groups -OCH3 is 1. The van der Waals surface area contributed by atoms with Crippen LogP contribution >= 0.6 is 11.3 Å². The summed E-state index contributed by atoms with van der Waals surface area (Å²) in [6.07, 6.45) is 4.72. The van der Waals surface area contributed by atoms with Crippen LogP contribution in [0.5, 0.6) is 11.5 Å². The van der Waals surface area contributed by atoms with E-state index in [-0.39, 0.29) is 5.41 Å². The van der Waals surface area contributed by atoms with Crippen molar-refractivity contribution >= 4 is 28.5 Å². The van der Waals surface area contributed by atoms with E-state index in [2.05, 4.69) is 31.8 Å². The highest BCUT2D eigenvalue weighted by molar-refractivity contribution is 7.16. The minimum atomic E-state index is -1.05. The van der Waals surface area contributed by atoms with E-state index in [9.17, 15) is 10.1 Å². The van der Waals surface area contributed by atoms with Crippen molar-refractivity contribution in [2.45, 2.75) is 40.0 Å². The Labute approximate surface area is 180 Å². The molecule has 0 amide bonds. The number of carbonyl (C=O) groups is 1. The standard InChI is InChI=1S/C23H26N2O4S/c1-23(2,3)15-6-7-16-17(11-24)22(30-20(16)10-15)25-12-14-5-8-18(19(9-14)28-4)29-13-21(26)27/h5,8-9,12,15H,6-7,10,13H2,1-4H3,(H,26,27)/t15-/m1/s1. The summed E-state index contributed by atoms with van der Waals surface area (Å²) in [5.74, 6) is 0.338. The van der Waals surface area contributed by atoms with Gasteiger partial charge in [-0.1, -0.05) is 20.8 Å². The molecule has 30 heavy (non-hydrogen) atoms. The molecule has 0 unspecified atom stereocenters. The van der Waals surface area contributed by atoms with Crippen LogP contribution in [0.15, 0.2) is 23.2 Å². The van der Waals surface area contributed by atoms with Crippen LogP contribution in [0.2, 0.25) is 0 Å². The molecule has 1 N–H and O–H groups in total. The number of ether oxygens (including phenoxy) is 2. The van der Waals surface area contributed by atoms with Crippen molar-refractivity contribution in [1.29, 1.82) is 5.26 Å². The van der Waals surface area contributed by atoms with Crippen molar-refractivity contribution in [3.8, 4) is 17.6 Å². The van der Waals surface area contributed by atoms with Crippen molar-refractivity contribution in [3.63, 3.8) is 0 Å². The average Bonchev–Trinajstić information content (AvgIpc) is 3.06. The lowest BCUT2D eigenvalue weighted by Crippen LogP contribution is -2.26. The third-order valence-electron chi connectivity index (χ3n) is 5.45. The molecule has 1 aromatic carbocycles.